The van der Waals surface area contributed by atoms with Gasteiger partial charge in [-0.15, -0.1) is 8.93 Å². The van der Waals surface area contributed by atoms with Crippen LogP contribution in [0.3, 0.4) is 0 Å². The highest BCUT2D eigenvalue weighted by Gasteiger charge is 2.12. The third kappa shape index (κ3) is 2.06. The van der Waals surface area contributed by atoms with Crippen molar-refractivity contribution >= 4 is 39.3 Å². The van der Waals surface area contributed by atoms with Gasteiger partial charge in [0.15, 0.2) is 5.49 Å². The van der Waals surface area contributed by atoms with Gasteiger partial charge in [0.25, 0.3) is 5.56 Å². The van der Waals surface area contributed by atoms with Gasteiger partial charge in [0, 0.05) is 7.45 Å². The Kier molecular flexibility index (Phi) is 3.63. The van der Waals surface area contributed by atoms with Gasteiger partial charge in [-0.25, -0.2) is 4.98 Å². The molecule has 0 radical (unpaired) electrons. The van der Waals surface area contributed by atoms with Gasteiger partial charge < -0.3 is 0 Å². The minimum absolute atomic E-state index is 0.0508. The number of hydrogen-bond acceptors (Lipinski definition) is 3. The summed E-state index contributed by atoms with van der Waals surface area (Å²) in [4.78, 5) is 20.6. The molecular formula is C7H11N3OP4. The van der Waals surface area contributed by atoms with Crippen molar-refractivity contribution in [1.82, 2.24) is 9.32 Å². The van der Waals surface area contributed by atoms with Crippen LogP contribution in [0.1, 0.15) is 5.82 Å². The Balaban J connectivity index is 2.80. The standard InChI is InChI=1S/C7H11N3OP4/c1-4-9-6-5(2-3-8-6)7(11)10(4)15(13)14-12/h2,14H,3,12-13H2,1H3. The van der Waals surface area contributed by atoms with E-state index in [1.165, 1.54) is 0 Å². The first-order chi connectivity index (χ1) is 7.15. The maximum Gasteiger partial charge on any atom is 0.266 e. The van der Waals surface area contributed by atoms with E-state index in [1.54, 1.807) is 4.34 Å². The van der Waals surface area contributed by atoms with E-state index in [0.717, 1.165) is 5.82 Å². The molecule has 0 aliphatic carbocycles. The Morgan fingerprint density at radius 1 is 1.67 bits per heavy atom. The van der Waals surface area contributed by atoms with Crippen molar-refractivity contribution in [3.05, 3.63) is 26.9 Å². The third-order valence-electron chi connectivity index (χ3n) is 2.12. The van der Waals surface area contributed by atoms with Crippen LogP contribution in [-0.2, 0) is 0 Å². The van der Waals surface area contributed by atoms with Crippen LogP contribution in [0.15, 0.2) is 9.79 Å². The van der Waals surface area contributed by atoms with Crippen LogP contribution in [0.4, 0.5) is 0 Å². The molecule has 0 N–H and O–H groups in total. The van der Waals surface area contributed by atoms with E-state index in [2.05, 4.69) is 27.8 Å². The van der Waals surface area contributed by atoms with Crippen molar-refractivity contribution in [2.75, 3.05) is 6.54 Å². The molecule has 0 fully saturated rings. The predicted octanol–water partition coefficient (Wildman–Crippen LogP) is 0.384. The Morgan fingerprint density at radius 3 is 3.07 bits per heavy atom. The number of aryl methyl sites for hydroxylation is 1. The Hall–Kier alpha value is 0.270. The molecule has 1 aliphatic rings. The van der Waals surface area contributed by atoms with Gasteiger partial charge in [-0.1, -0.05) is 16.9 Å². The molecule has 4 unspecified atom stereocenters. The third-order valence-corrected chi connectivity index (χ3v) is 11.8. The lowest BCUT2D eigenvalue weighted by Gasteiger charge is -2.14. The second-order valence-corrected chi connectivity index (χ2v) is 11.9. The van der Waals surface area contributed by atoms with Gasteiger partial charge in [0.2, 0.25) is 0 Å². The highest BCUT2D eigenvalue weighted by atomic mass is 32.6. The van der Waals surface area contributed by atoms with E-state index >= 15 is 0 Å². The van der Waals surface area contributed by atoms with Crippen molar-refractivity contribution in [3.8, 4) is 0 Å². The normalized spacial score (nSPS) is 16.2. The molecule has 2 rings (SSSR count). The highest BCUT2D eigenvalue weighted by Crippen LogP contribution is 2.65. The highest BCUT2D eigenvalue weighted by molar-refractivity contribution is 8.60. The second-order valence-electron chi connectivity index (χ2n) is 3.03. The first kappa shape index (κ1) is 11.7. The van der Waals surface area contributed by atoms with Crippen LogP contribution in [0.2, 0.25) is 0 Å². The maximum atomic E-state index is 12.1. The summed E-state index contributed by atoms with van der Waals surface area (Å²) in [6, 6.07) is 0. The quantitative estimate of drug-likeness (QED) is 0.734. The largest absolute Gasteiger partial charge is 0.268 e. The van der Waals surface area contributed by atoms with Crippen molar-refractivity contribution < 1.29 is 0 Å². The van der Waals surface area contributed by atoms with Crippen LogP contribution >= 0.6 is 33.3 Å². The van der Waals surface area contributed by atoms with E-state index in [4.69, 9.17) is 0 Å². The lowest BCUT2D eigenvalue weighted by atomic mass is 10.4. The molecular weight excluding hydrogens is 266 g/mol. The molecule has 1 aliphatic heterocycles. The monoisotopic (exact) mass is 277 g/mol. The molecule has 8 heteroatoms. The lowest BCUT2D eigenvalue weighted by molar-refractivity contribution is 0.904. The number of aromatic nitrogens is 2. The number of fused-ring (bicyclic) bond motifs is 1. The minimum atomic E-state index is -0.534. The van der Waals surface area contributed by atoms with Gasteiger partial charge >= 0.3 is 0 Å². The van der Waals surface area contributed by atoms with Crippen molar-refractivity contribution in [2.24, 2.45) is 4.99 Å². The molecule has 1 aromatic heterocycles. The van der Waals surface area contributed by atoms with Crippen LogP contribution < -0.4 is 16.3 Å². The van der Waals surface area contributed by atoms with E-state index in [0.29, 0.717) is 25.2 Å². The first-order valence-corrected chi connectivity index (χ1v) is 10.9. The van der Waals surface area contributed by atoms with Crippen LogP contribution in [0.25, 0.3) is 6.08 Å². The van der Waals surface area contributed by atoms with Crippen molar-refractivity contribution in [1.29, 1.82) is 0 Å². The van der Waals surface area contributed by atoms with E-state index in [-0.39, 0.29) is 5.56 Å². The average molecular weight is 277 g/mol. The summed E-state index contributed by atoms with van der Waals surface area (Å²) in [7, 11) is 5.52. The fourth-order valence-electron chi connectivity index (χ4n) is 1.45. The minimum Gasteiger partial charge on any atom is -0.268 e. The average Bonchev–Trinajstić information content (AvgIpc) is 2.65. The van der Waals surface area contributed by atoms with Gasteiger partial charge in [0.05, 0.1) is 11.8 Å². The maximum absolute atomic E-state index is 12.1. The molecule has 80 valence electrons. The molecule has 1 aromatic rings. The Labute approximate surface area is 94.4 Å². The van der Waals surface area contributed by atoms with E-state index < -0.39 is 7.45 Å². The SMILES string of the molecule is Cc1nc2c(c(=O)n1P(P)PP)=CCN=2. The number of rotatable bonds is 2. The van der Waals surface area contributed by atoms with Crippen LogP contribution in [0, 0.1) is 6.92 Å². The Bertz CT molecular complexity index is 567. The fraction of sp³-hybridized carbons (Fsp3) is 0.286. The van der Waals surface area contributed by atoms with Crippen molar-refractivity contribution in [3.63, 3.8) is 0 Å². The molecule has 0 saturated carbocycles. The molecule has 0 saturated heterocycles. The number of hydrogen-bond donors (Lipinski definition) is 0. The van der Waals surface area contributed by atoms with Gasteiger partial charge in [-0.3, -0.25) is 14.1 Å². The molecule has 4 atom stereocenters. The molecule has 0 spiro atoms. The molecule has 2 heterocycles. The summed E-state index contributed by atoms with van der Waals surface area (Å²) in [5, 5.41) is 0.666. The zero-order valence-electron chi connectivity index (χ0n) is 8.14. The summed E-state index contributed by atoms with van der Waals surface area (Å²) in [6.07, 6.45) is 1.85. The summed E-state index contributed by atoms with van der Waals surface area (Å²) in [6.45, 7) is 2.44. The summed E-state index contributed by atoms with van der Waals surface area (Å²) >= 11 is 0. The molecule has 0 bridgehead atoms. The first-order valence-electron chi connectivity index (χ1n) is 4.31. The zero-order chi connectivity index (χ0) is 11.0. The van der Waals surface area contributed by atoms with E-state index in [9.17, 15) is 4.79 Å². The second kappa shape index (κ2) is 4.64. The van der Waals surface area contributed by atoms with Gasteiger partial charge in [-0.05, 0) is 13.0 Å². The molecule has 4 nitrogen and oxygen atoms in total. The summed E-state index contributed by atoms with van der Waals surface area (Å²) < 4.78 is 1.78. The van der Waals surface area contributed by atoms with E-state index in [1.807, 2.05) is 13.0 Å². The van der Waals surface area contributed by atoms with Crippen molar-refractivity contribution in [2.45, 2.75) is 6.92 Å². The Morgan fingerprint density at radius 2 is 2.40 bits per heavy atom. The lowest BCUT2D eigenvalue weighted by Crippen LogP contribution is -2.44. The fourth-order valence-corrected chi connectivity index (χ4v) is 5.14. The molecule has 15 heavy (non-hydrogen) atoms. The number of nitrogens with zero attached hydrogens (tertiary/aromatic N) is 3. The molecule has 0 aromatic carbocycles. The van der Waals surface area contributed by atoms with Crippen LogP contribution in [0.5, 0.6) is 0 Å². The predicted molar refractivity (Wildman–Crippen MR) is 73.4 cm³/mol. The van der Waals surface area contributed by atoms with Crippen LogP contribution in [-0.4, -0.2) is 15.9 Å². The van der Waals surface area contributed by atoms with Gasteiger partial charge in [-0.2, -0.15) is 0 Å². The molecule has 0 amide bonds. The van der Waals surface area contributed by atoms with Gasteiger partial charge in [0.1, 0.15) is 5.82 Å². The zero-order valence-corrected chi connectivity index (χ0v) is 12.3. The topological polar surface area (TPSA) is 47.2 Å². The smallest absolute Gasteiger partial charge is 0.266 e. The summed E-state index contributed by atoms with van der Waals surface area (Å²) in [5.41, 5.74) is 0.657. The summed E-state index contributed by atoms with van der Waals surface area (Å²) in [5.74, 6) is 0.758.